The van der Waals surface area contributed by atoms with Crippen LogP contribution in [0.5, 0.6) is 0 Å². The summed E-state index contributed by atoms with van der Waals surface area (Å²) in [6.07, 6.45) is 0. The lowest BCUT2D eigenvalue weighted by Crippen LogP contribution is -1.97. The fourth-order valence-corrected chi connectivity index (χ4v) is 7.95. The van der Waals surface area contributed by atoms with Gasteiger partial charge in [-0.15, -0.1) is 10.2 Å². The van der Waals surface area contributed by atoms with Crippen LogP contribution in [-0.4, -0.2) is 24.1 Å². The van der Waals surface area contributed by atoms with E-state index in [1.807, 2.05) is 30.3 Å². The second-order valence-electron chi connectivity index (χ2n) is 12.3. The Morgan fingerprint density at radius 2 is 0.809 bits per heavy atom. The van der Waals surface area contributed by atoms with Crippen LogP contribution in [0.1, 0.15) is 0 Å². The first-order valence-electron chi connectivity index (χ1n) is 15.9. The average Bonchev–Trinajstić information content (AvgIpc) is 3.81. The van der Waals surface area contributed by atoms with Crippen molar-refractivity contribution in [2.24, 2.45) is 0 Å². The van der Waals surface area contributed by atoms with E-state index in [0.717, 1.165) is 28.1 Å². The second-order valence-corrected chi connectivity index (χ2v) is 12.3. The predicted octanol–water partition coefficient (Wildman–Crippen LogP) is 10.4. The second kappa shape index (κ2) is 9.05. The van der Waals surface area contributed by atoms with Crippen molar-refractivity contribution in [3.05, 3.63) is 152 Å². The minimum Gasteiger partial charge on any atom is -0.309 e. The van der Waals surface area contributed by atoms with Crippen LogP contribution in [0.3, 0.4) is 0 Å². The standard InChI is InChI=1S/C42H25N5/c1-3-11-26(12-4-1)45-35-19-9-17-31-29-15-7-8-16-30(29)32-18-10-20-36-40(32)42-38(24-23-37(45)41(42)39(31)35)46(36)28-21-22-33-34(25-28)44-47(43-33)27-13-5-2-6-14-27/h1-25H. The minimum absolute atomic E-state index is 0.858. The number of para-hydroxylation sites is 2. The Labute approximate surface area is 268 Å². The molecule has 0 atom stereocenters. The Morgan fingerprint density at radius 3 is 1.43 bits per heavy atom. The molecule has 0 saturated carbocycles. The first-order chi connectivity index (χ1) is 23.3. The summed E-state index contributed by atoms with van der Waals surface area (Å²) < 4.78 is 4.85. The molecular weight excluding hydrogens is 574 g/mol. The molecule has 0 aliphatic carbocycles. The Bertz CT molecular complexity index is 3000. The van der Waals surface area contributed by atoms with Crippen LogP contribution in [-0.2, 0) is 0 Å². The predicted molar refractivity (Wildman–Crippen MR) is 194 cm³/mol. The smallest absolute Gasteiger partial charge is 0.115 e. The van der Waals surface area contributed by atoms with Gasteiger partial charge in [0.2, 0.25) is 0 Å². The molecule has 0 amide bonds. The molecule has 3 heterocycles. The van der Waals surface area contributed by atoms with Crippen LogP contribution in [0.2, 0.25) is 0 Å². The van der Waals surface area contributed by atoms with Gasteiger partial charge in [-0.1, -0.05) is 84.9 Å². The van der Waals surface area contributed by atoms with Gasteiger partial charge in [-0.25, -0.2) is 0 Å². The molecule has 11 rings (SSSR count). The van der Waals surface area contributed by atoms with Gasteiger partial charge in [-0.3, -0.25) is 0 Å². The van der Waals surface area contributed by atoms with Crippen molar-refractivity contribution >= 4 is 76.2 Å². The Morgan fingerprint density at radius 1 is 0.319 bits per heavy atom. The topological polar surface area (TPSA) is 40.6 Å². The van der Waals surface area contributed by atoms with Crippen molar-refractivity contribution < 1.29 is 0 Å². The highest BCUT2D eigenvalue weighted by molar-refractivity contribution is 6.39. The van der Waals surface area contributed by atoms with E-state index in [1.165, 1.54) is 65.2 Å². The number of aromatic nitrogens is 5. The lowest BCUT2D eigenvalue weighted by Gasteiger charge is -2.09. The normalized spacial score (nSPS) is 12.3. The van der Waals surface area contributed by atoms with Crippen molar-refractivity contribution in [1.82, 2.24) is 24.1 Å². The quantitative estimate of drug-likeness (QED) is 0.203. The number of benzene rings is 7. The molecule has 0 bridgehead atoms. The zero-order chi connectivity index (χ0) is 30.6. The maximum atomic E-state index is 4.90. The minimum atomic E-state index is 0.858. The Balaban J connectivity index is 1.34. The summed E-state index contributed by atoms with van der Waals surface area (Å²) in [6.45, 7) is 0. The molecule has 0 aliphatic rings. The molecule has 3 aromatic heterocycles. The van der Waals surface area contributed by atoms with Gasteiger partial charge in [0.15, 0.2) is 0 Å². The van der Waals surface area contributed by atoms with E-state index in [1.54, 1.807) is 4.80 Å². The maximum absolute atomic E-state index is 4.90. The summed E-state index contributed by atoms with van der Waals surface area (Å²) in [5, 5.41) is 19.8. The lowest BCUT2D eigenvalue weighted by atomic mass is 9.95. The molecular formula is C42H25N5. The zero-order valence-electron chi connectivity index (χ0n) is 25.2. The molecule has 11 aromatic rings. The molecule has 5 heteroatoms. The highest BCUT2D eigenvalue weighted by atomic mass is 15.5. The third kappa shape index (κ3) is 3.27. The summed E-state index contributed by atoms with van der Waals surface area (Å²) in [7, 11) is 0. The monoisotopic (exact) mass is 599 g/mol. The number of nitrogens with zero attached hydrogens (tertiary/aromatic N) is 5. The van der Waals surface area contributed by atoms with Crippen LogP contribution >= 0.6 is 0 Å². The van der Waals surface area contributed by atoms with E-state index in [-0.39, 0.29) is 0 Å². The molecule has 0 radical (unpaired) electrons. The Kier molecular flexibility index (Phi) is 4.78. The summed E-state index contributed by atoms with van der Waals surface area (Å²) in [4.78, 5) is 1.72. The van der Waals surface area contributed by atoms with E-state index < -0.39 is 0 Å². The van der Waals surface area contributed by atoms with Crippen LogP contribution in [0.15, 0.2) is 152 Å². The Hall–Kier alpha value is -6.46. The van der Waals surface area contributed by atoms with Gasteiger partial charge in [0.25, 0.3) is 0 Å². The number of hydrogen-bond donors (Lipinski definition) is 0. The van der Waals surface area contributed by atoms with E-state index >= 15 is 0 Å². The molecule has 0 N–H and O–H groups in total. The number of hydrogen-bond acceptors (Lipinski definition) is 2. The summed E-state index contributed by atoms with van der Waals surface area (Å²) >= 11 is 0. The average molecular weight is 600 g/mol. The number of fused-ring (bicyclic) bond motifs is 4. The number of rotatable bonds is 3. The molecule has 218 valence electrons. The van der Waals surface area contributed by atoms with Gasteiger partial charge in [-0.05, 0) is 88.3 Å². The van der Waals surface area contributed by atoms with Crippen molar-refractivity contribution in [1.29, 1.82) is 0 Å². The molecule has 0 aliphatic heterocycles. The largest absolute Gasteiger partial charge is 0.309 e. The van der Waals surface area contributed by atoms with E-state index in [0.29, 0.717) is 0 Å². The van der Waals surface area contributed by atoms with Gasteiger partial charge in [0.1, 0.15) is 11.0 Å². The van der Waals surface area contributed by atoms with Crippen molar-refractivity contribution in [2.75, 3.05) is 0 Å². The molecule has 0 fully saturated rings. The maximum Gasteiger partial charge on any atom is 0.115 e. The first kappa shape index (κ1) is 24.8. The molecule has 5 nitrogen and oxygen atoms in total. The molecule has 0 spiro atoms. The van der Waals surface area contributed by atoms with Gasteiger partial charge in [0, 0.05) is 32.9 Å². The highest BCUT2D eigenvalue weighted by Crippen LogP contribution is 2.47. The zero-order valence-corrected chi connectivity index (χ0v) is 25.2. The fraction of sp³-hybridized carbons (Fsp3) is 0. The van der Waals surface area contributed by atoms with Gasteiger partial charge in [0.05, 0.1) is 27.8 Å². The lowest BCUT2D eigenvalue weighted by molar-refractivity contribution is 0.766. The van der Waals surface area contributed by atoms with Gasteiger partial charge in [-0.2, -0.15) is 4.80 Å². The summed E-state index contributed by atoms with van der Waals surface area (Å²) in [5.74, 6) is 0. The van der Waals surface area contributed by atoms with Crippen LogP contribution in [0, 0.1) is 0 Å². The van der Waals surface area contributed by atoms with Gasteiger partial charge >= 0.3 is 0 Å². The van der Waals surface area contributed by atoms with Crippen molar-refractivity contribution in [3.63, 3.8) is 0 Å². The van der Waals surface area contributed by atoms with Crippen LogP contribution < -0.4 is 0 Å². The van der Waals surface area contributed by atoms with Crippen molar-refractivity contribution in [3.8, 4) is 17.1 Å². The molecule has 0 saturated heterocycles. The fourth-order valence-electron chi connectivity index (χ4n) is 7.95. The van der Waals surface area contributed by atoms with E-state index in [9.17, 15) is 0 Å². The van der Waals surface area contributed by atoms with E-state index in [2.05, 4.69) is 130 Å². The third-order valence-corrected chi connectivity index (χ3v) is 9.84. The SMILES string of the molecule is c1ccc(-n2nc3ccc(-n4c5cccc6c7ccccc7c7cccc8c7c7c(c65)c4ccc7n8-c4ccccc4)cc3n2)cc1. The van der Waals surface area contributed by atoms with Gasteiger partial charge < -0.3 is 9.13 Å². The highest BCUT2D eigenvalue weighted by Gasteiger charge is 2.24. The van der Waals surface area contributed by atoms with Crippen LogP contribution in [0.4, 0.5) is 0 Å². The summed E-state index contributed by atoms with van der Waals surface area (Å²) in [5.41, 5.74) is 9.66. The molecule has 8 aromatic carbocycles. The van der Waals surface area contributed by atoms with Crippen molar-refractivity contribution in [2.45, 2.75) is 0 Å². The third-order valence-electron chi connectivity index (χ3n) is 9.84. The molecule has 0 unspecified atom stereocenters. The molecule has 47 heavy (non-hydrogen) atoms. The van der Waals surface area contributed by atoms with Crippen LogP contribution in [0.25, 0.3) is 93.3 Å². The first-order valence-corrected chi connectivity index (χ1v) is 15.9. The van der Waals surface area contributed by atoms with E-state index in [4.69, 9.17) is 10.2 Å². The summed E-state index contributed by atoms with van der Waals surface area (Å²) in [6, 6.07) is 54.3.